The van der Waals surface area contributed by atoms with Gasteiger partial charge in [0.1, 0.15) is 6.10 Å². The molecule has 1 aliphatic heterocycles. The number of carbonyl (C=O) groups is 1. The molecule has 1 atom stereocenters. The Bertz CT molecular complexity index is 954. The van der Waals surface area contributed by atoms with Gasteiger partial charge in [-0.05, 0) is 24.6 Å². The van der Waals surface area contributed by atoms with Gasteiger partial charge in [-0.25, -0.2) is 0 Å². The number of halogens is 1. The molecule has 1 aromatic heterocycles. The van der Waals surface area contributed by atoms with Crippen molar-refractivity contribution in [3.63, 3.8) is 0 Å². The van der Waals surface area contributed by atoms with E-state index in [0.717, 1.165) is 28.1 Å². The average molecular weight is 396 g/mol. The second kappa shape index (κ2) is 8.17. The quantitative estimate of drug-likeness (QED) is 0.720. The first-order chi connectivity index (χ1) is 13.6. The summed E-state index contributed by atoms with van der Waals surface area (Å²) >= 11 is 5.99. The number of ether oxygens (including phenoxy) is 1. The molecular formula is C22H22ClN3O2. The number of morpholine rings is 1. The van der Waals surface area contributed by atoms with Crippen molar-refractivity contribution in [2.45, 2.75) is 19.4 Å². The first-order valence-corrected chi connectivity index (χ1v) is 9.73. The van der Waals surface area contributed by atoms with Crippen LogP contribution in [-0.4, -0.2) is 40.7 Å². The molecule has 2 heterocycles. The fourth-order valence-corrected chi connectivity index (χ4v) is 3.65. The molecule has 1 aliphatic rings. The van der Waals surface area contributed by atoms with E-state index in [4.69, 9.17) is 16.3 Å². The molecule has 0 bridgehead atoms. The number of rotatable bonds is 4. The number of hydrogen-bond acceptors (Lipinski definition) is 3. The van der Waals surface area contributed by atoms with Gasteiger partial charge in [-0.15, -0.1) is 0 Å². The normalized spacial score (nSPS) is 16.9. The van der Waals surface area contributed by atoms with Crippen LogP contribution in [0.1, 0.15) is 22.9 Å². The SMILES string of the molecule is Cc1[nH]nc(-c2ccc(Cl)cc2)c1CC(=O)N1CCOC(c2ccccc2)C1. The molecule has 1 fully saturated rings. The highest BCUT2D eigenvalue weighted by atomic mass is 35.5. The van der Waals surface area contributed by atoms with E-state index in [1.807, 2.05) is 66.4 Å². The number of hydrogen-bond donors (Lipinski definition) is 1. The molecule has 0 radical (unpaired) electrons. The average Bonchev–Trinajstić information content (AvgIpc) is 3.09. The molecule has 1 N–H and O–H groups in total. The Balaban J connectivity index is 1.51. The summed E-state index contributed by atoms with van der Waals surface area (Å²) in [6.45, 7) is 3.66. The molecule has 5 nitrogen and oxygen atoms in total. The summed E-state index contributed by atoms with van der Waals surface area (Å²) in [6, 6.07) is 17.6. The smallest absolute Gasteiger partial charge is 0.227 e. The Morgan fingerprint density at radius 2 is 1.96 bits per heavy atom. The minimum atomic E-state index is -0.0833. The molecule has 1 amide bonds. The summed E-state index contributed by atoms with van der Waals surface area (Å²) < 4.78 is 5.88. The van der Waals surface area contributed by atoms with E-state index in [2.05, 4.69) is 10.2 Å². The van der Waals surface area contributed by atoms with Crippen molar-refractivity contribution < 1.29 is 9.53 Å². The van der Waals surface area contributed by atoms with Crippen LogP contribution in [0.5, 0.6) is 0 Å². The number of carbonyl (C=O) groups excluding carboxylic acids is 1. The van der Waals surface area contributed by atoms with E-state index in [0.29, 0.717) is 31.1 Å². The van der Waals surface area contributed by atoms with Gasteiger partial charge in [0.2, 0.25) is 5.91 Å². The predicted octanol–water partition coefficient (Wildman–Crippen LogP) is 4.18. The summed E-state index contributed by atoms with van der Waals surface area (Å²) in [5, 5.41) is 8.10. The topological polar surface area (TPSA) is 58.2 Å². The molecule has 1 unspecified atom stereocenters. The number of nitrogens with one attached hydrogen (secondary N) is 1. The number of amides is 1. The number of nitrogens with zero attached hydrogens (tertiary/aromatic N) is 2. The maximum absolute atomic E-state index is 13.0. The molecule has 6 heteroatoms. The first-order valence-electron chi connectivity index (χ1n) is 9.36. The maximum Gasteiger partial charge on any atom is 0.227 e. The van der Waals surface area contributed by atoms with E-state index in [9.17, 15) is 4.79 Å². The fourth-order valence-electron chi connectivity index (χ4n) is 3.52. The van der Waals surface area contributed by atoms with Crippen molar-refractivity contribution in [1.29, 1.82) is 0 Å². The zero-order valence-corrected chi connectivity index (χ0v) is 16.4. The molecule has 28 heavy (non-hydrogen) atoms. The van der Waals surface area contributed by atoms with E-state index in [1.165, 1.54) is 0 Å². The molecule has 1 saturated heterocycles. The number of H-pyrrole nitrogens is 1. The Morgan fingerprint density at radius 3 is 2.71 bits per heavy atom. The molecule has 4 rings (SSSR count). The van der Waals surface area contributed by atoms with Crippen LogP contribution < -0.4 is 0 Å². The third-order valence-electron chi connectivity index (χ3n) is 5.11. The molecule has 3 aromatic rings. The van der Waals surface area contributed by atoms with Crippen molar-refractivity contribution >= 4 is 17.5 Å². The zero-order chi connectivity index (χ0) is 19.5. The van der Waals surface area contributed by atoms with E-state index in [-0.39, 0.29) is 12.0 Å². The highest BCUT2D eigenvalue weighted by molar-refractivity contribution is 6.30. The largest absolute Gasteiger partial charge is 0.370 e. The van der Waals surface area contributed by atoms with Gasteiger partial charge in [0.15, 0.2) is 0 Å². The monoisotopic (exact) mass is 395 g/mol. The van der Waals surface area contributed by atoms with Crippen molar-refractivity contribution in [3.05, 3.63) is 76.4 Å². The van der Waals surface area contributed by atoms with Crippen LogP contribution in [0.4, 0.5) is 0 Å². The van der Waals surface area contributed by atoms with E-state index in [1.54, 1.807) is 0 Å². The van der Waals surface area contributed by atoms with Crippen LogP contribution in [0.15, 0.2) is 54.6 Å². The van der Waals surface area contributed by atoms with Gasteiger partial charge in [-0.2, -0.15) is 5.10 Å². The minimum Gasteiger partial charge on any atom is -0.370 e. The first kappa shape index (κ1) is 18.7. The van der Waals surface area contributed by atoms with Crippen molar-refractivity contribution in [1.82, 2.24) is 15.1 Å². The Kier molecular flexibility index (Phi) is 5.46. The second-order valence-corrected chi connectivity index (χ2v) is 7.41. The standard InChI is InChI=1S/C22H22ClN3O2/c1-15-19(22(25-24-15)17-7-9-18(23)10-8-17)13-21(27)26-11-12-28-20(14-26)16-5-3-2-4-6-16/h2-10,20H,11-14H2,1H3,(H,24,25). The van der Waals surface area contributed by atoms with Crippen molar-refractivity contribution in [3.8, 4) is 11.3 Å². The van der Waals surface area contributed by atoms with Crippen LogP contribution in [0, 0.1) is 6.92 Å². The van der Waals surface area contributed by atoms with Gasteiger partial charge < -0.3 is 9.64 Å². The van der Waals surface area contributed by atoms with E-state index >= 15 is 0 Å². The maximum atomic E-state index is 13.0. The van der Waals surface area contributed by atoms with Crippen LogP contribution in [0.25, 0.3) is 11.3 Å². The van der Waals surface area contributed by atoms with Crippen molar-refractivity contribution in [2.24, 2.45) is 0 Å². The van der Waals surface area contributed by atoms with E-state index < -0.39 is 0 Å². The van der Waals surface area contributed by atoms with Crippen molar-refractivity contribution in [2.75, 3.05) is 19.7 Å². The van der Waals surface area contributed by atoms with Crippen LogP contribution in [0.2, 0.25) is 5.02 Å². The van der Waals surface area contributed by atoms with Gasteiger partial charge >= 0.3 is 0 Å². The zero-order valence-electron chi connectivity index (χ0n) is 15.7. The van der Waals surface area contributed by atoms with Crippen LogP contribution in [-0.2, 0) is 16.0 Å². The van der Waals surface area contributed by atoms with Gasteiger partial charge in [0, 0.05) is 28.4 Å². The summed E-state index contributed by atoms with van der Waals surface area (Å²) in [6.07, 6.45) is 0.224. The molecular weight excluding hydrogens is 374 g/mol. The molecule has 2 aromatic carbocycles. The fraction of sp³-hybridized carbons (Fsp3) is 0.273. The lowest BCUT2D eigenvalue weighted by atomic mass is 10.0. The molecule has 144 valence electrons. The van der Waals surface area contributed by atoms with Gasteiger partial charge in [0.05, 0.1) is 25.3 Å². The minimum absolute atomic E-state index is 0.0833. The second-order valence-electron chi connectivity index (χ2n) is 6.97. The summed E-state index contributed by atoms with van der Waals surface area (Å²) in [5.74, 6) is 0.0870. The van der Waals surface area contributed by atoms with Crippen LogP contribution in [0.3, 0.4) is 0 Å². The van der Waals surface area contributed by atoms with Gasteiger partial charge in [0.25, 0.3) is 0 Å². The predicted molar refractivity (Wildman–Crippen MR) is 109 cm³/mol. The third-order valence-corrected chi connectivity index (χ3v) is 5.36. The van der Waals surface area contributed by atoms with Crippen LogP contribution >= 0.6 is 11.6 Å². The Labute approximate surface area is 169 Å². The molecule has 0 saturated carbocycles. The highest BCUT2D eigenvalue weighted by Crippen LogP contribution is 2.27. The lowest BCUT2D eigenvalue weighted by Crippen LogP contribution is -2.43. The Hall–Kier alpha value is -2.63. The number of benzene rings is 2. The third kappa shape index (κ3) is 3.96. The summed E-state index contributed by atoms with van der Waals surface area (Å²) in [5.41, 5.74) is 4.68. The van der Waals surface area contributed by atoms with Gasteiger partial charge in [-0.1, -0.05) is 54.1 Å². The lowest BCUT2D eigenvalue weighted by molar-refractivity contribution is -0.138. The molecule has 0 aliphatic carbocycles. The number of aromatic amines is 1. The number of aryl methyl sites for hydroxylation is 1. The Morgan fingerprint density at radius 1 is 1.21 bits per heavy atom. The molecule has 0 spiro atoms. The van der Waals surface area contributed by atoms with Gasteiger partial charge in [-0.3, -0.25) is 9.89 Å². The number of aromatic nitrogens is 2. The lowest BCUT2D eigenvalue weighted by Gasteiger charge is -2.33. The summed E-state index contributed by atoms with van der Waals surface area (Å²) in [7, 11) is 0. The summed E-state index contributed by atoms with van der Waals surface area (Å²) in [4.78, 5) is 14.9. The highest BCUT2D eigenvalue weighted by Gasteiger charge is 2.26.